The zero-order valence-electron chi connectivity index (χ0n) is 11.8. The number of hydrogen-bond donors (Lipinski definition) is 0. The lowest BCUT2D eigenvalue weighted by atomic mass is 10.1. The molecule has 0 N–H and O–H groups in total. The fraction of sp³-hybridized carbons (Fsp3) is 0. The Bertz CT molecular complexity index is 772. The Balaban J connectivity index is 2.10. The molecule has 0 aliphatic heterocycles. The van der Waals surface area contributed by atoms with Gasteiger partial charge in [-0.2, -0.15) is 0 Å². The van der Waals surface area contributed by atoms with Crippen molar-refractivity contribution >= 4 is 28.9 Å². The first-order valence-corrected chi connectivity index (χ1v) is 7.33. The highest BCUT2D eigenvalue weighted by molar-refractivity contribution is 6.31. The number of halogens is 1. The molecule has 0 bridgehead atoms. The van der Waals surface area contributed by atoms with Crippen LogP contribution >= 0.6 is 11.6 Å². The van der Waals surface area contributed by atoms with E-state index in [0.717, 1.165) is 11.4 Å². The molecule has 0 saturated carbocycles. The van der Waals surface area contributed by atoms with E-state index in [9.17, 15) is 4.79 Å². The van der Waals surface area contributed by atoms with Crippen LogP contribution in [0.15, 0.2) is 84.9 Å². The number of benzene rings is 3. The molecule has 1 amide bonds. The van der Waals surface area contributed by atoms with Gasteiger partial charge in [-0.1, -0.05) is 54.1 Å². The molecule has 108 valence electrons. The first-order valence-electron chi connectivity index (χ1n) is 6.96. The van der Waals surface area contributed by atoms with E-state index in [1.165, 1.54) is 0 Å². The summed E-state index contributed by atoms with van der Waals surface area (Å²) >= 11 is 6.09. The number of carbonyl (C=O) groups is 1. The molecule has 0 aromatic heterocycles. The lowest BCUT2D eigenvalue weighted by molar-refractivity contribution is 0.0999. The van der Waals surface area contributed by atoms with Gasteiger partial charge < -0.3 is 0 Å². The molecule has 3 aromatic rings. The van der Waals surface area contributed by atoms with E-state index in [2.05, 4.69) is 0 Å². The molecule has 0 unspecified atom stereocenters. The Kier molecular flexibility index (Phi) is 4.22. The van der Waals surface area contributed by atoms with Gasteiger partial charge in [0.25, 0.3) is 5.91 Å². The number of rotatable bonds is 3. The summed E-state index contributed by atoms with van der Waals surface area (Å²) in [5.41, 5.74) is 2.18. The van der Waals surface area contributed by atoms with E-state index in [1.807, 2.05) is 72.8 Å². The molecule has 22 heavy (non-hydrogen) atoms. The Morgan fingerprint density at radius 1 is 0.727 bits per heavy atom. The minimum atomic E-state index is -0.0888. The zero-order valence-corrected chi connectivity index (χ0v) is 12.6. The lowest BCUT2D eigenvalue weighted by Gasteiger charge is -2.23. The number of carbonyl (C=O) groups excluding carboxylic acids is 1. The van der Waals surface area contributed by atoms with Crippen molar-refractivity contribution < 1.29 is 4.79 Å². The minimum Gasteiger partial charge on any atom is -0.277 e. The van der Waals surface area contributed by atoms with Crippen LogP contribution in [0.2, 0.25) is 5.02 Å². The quantitative estimate of drug-likeness (QED) is 0.641. The maximum Gasteiger partial charge on any atom is 0.262 e. The standard InChI is InChI=1S/C19H14ClNO/c20-16-10-7-13-18(14-16)21(17-11-5-2-6-12-17)19(22)15-8-3-1-4-9-15/h1-14H. The van der Waals surface area contributed by atoms with Crippen molar-refractivity contribution in [2.45, 2.75) is 0 Å². The second-order valence-corrected chi connectivity index (χ2v) is 5.26. The van der Waals surface area contributed by atoms with Crippen LogP contribution in [-0.2, 0) is 0 Å². The zero-order chi connectivity index (χ0) is 15.4. The third-order valence-corrected chi connectivity index (χ3v) is 3.54. The predicted molar refractivity (Wildman–Crippen MR) is 90.8 cm³/mol. The molecule has 3 aromatic carbocycles. The highest BCUT2D eigenvalue weighted by Crippen LogP contribution is 2.29. The van der Waals surface area contributed by atoms with E-state index >= 15 is 0 Å². The van der Waals surface area contributed by atoms with Crippen LogP contribution in [0.1, 0.15) is 10.4 Å². The third-order valence-electron chi connectivity index (χ3n) is 3.30. The second-order valence-electron chi connectivity index (χ2n) is 4.82. The Labute approximate surface area is 134 Å². The predicted octanol–water partition coefficient (Wildman–Crippen LogP) is 5.32. The second kappa shape index (κ2) is 6.46. The van der Waals surface area contributed by atoms with Gasteiger partial charge in [0.1, 0.15) is 0 Å². The average Bonchev–Trinajstić information content (AvgIpc) is 2.57. The molecule has 0 aliphatic rings. The van der Waals surface area contributed by atoms with Crippen LogP contribution in [0.3, 0.4) is 0 Å². The fourth-order valence-corrected chi connectivity index (χ4v) is 2.47. The van der Waals surface area contributed by atoms with E-state index in [1.54, 1.807) is 17.0 Å². The third kappa shape index (κ3) is 3.02. The summed E-state index contributed by atoms with van der Waals surface area (Å²) in [7, 11) is 0. The van der Waals surface area contributed by atoms with Gasteiger partial charge in [0.05, 0.1) is 5.69 Å². The van der Waals surface area contributed by atoms with Gasteiger partial charge >= 0.3 is 0 Å². The molecule has 0 spiro atoms. The van der Waals surface area contributed by atoms with E-state index in [4.69, 9.17) is 11.6 Å². The van der Waals surface area contributed by atoms with Crippen molar-refractivity contribution in [3.63, 3.8) is 0 Å². The molecule has 0 heterocycles. The Hall–Kier alpha value is -2.58. The monoisotopic (exact) mass is 307 g/mol. The first kappa shape index (κ1) is 14.4. The van der Waals surface area contributed by atoms with E-state index in [-0.39, 0.29) is 5.91 Å². The van der Waals surface area contributed by atoms with Gasteiger partial charge in [0, 0.05) is 16.3 Å². The lowest BCUT2D eigenvalue weighted by Crippen LogP contribution is -2.25. The SMILES string of the molecule is O=C(c1ccccc1)N(c1ccccc1)c1cccc(Cl)c1. The summed E-state index contributed by atoms with van der Waals surface area (Å²) in [6.45, 7) is 0. The average molecular weight is 308 g/mol. The van der Waals surface area contributed by atoms with Crippen LogP contribution in [0.5, 0.6) is 0 Å². The van der Waals surface area contributed by atoms with Crippen LogP contribution in [0, 0.1) is 0 Å². The highest BCUT2D eigenvalue weighted by atomic mass is 35.5. The summed E-state index contributed by atoms with van der Waals surface area (Å²) in [5.74, 6) is -0.0888. The van der Waals surface area contributed by atoms with Gasteiger partial charge in [-0.25, -0.2) is 0 Å². The normalized spacial score (nSPS) is 10.2. The van der Waals surface area contributed by atoms with Crippen LogP contribution < -0.4 is 4.90 Å². The van der Waals surface area contributed by atoms with Crippen LogP contribution in [-0.4, -0.2) is 5.91 Å². The number of para-hydroxylation sites is 1. The molecular formula is C19H14ClNO. The molecule has 0 fully saturated rings. The Morgan fingerprint density at radius 3 is 1.95 bits per heavy atom. The highest BCUT2D eigenvalue weighted by Gasteiger charge is 2.19. The summed E-state index contributed by atoms with van der Waals surface area (Å²) < 4.78 is 0. The van der Waals surface area contributed by atoms with Gasteiger partial charge in [0.2, 0.25) is 0 Å². The molecule has 2 nitrogen and oxygen atoms in total. The molecular weight excluding hydrogens is 294 g/mol. The Morgan fingerprint density at radius 2 is 1.32 bits per heavy atom. The minimum absolute atomic E-state index is 0.0888. The van der Waals surface area contributed by atoms with Crippen molar-refractivity contribution in [3.05, 3.63) is 95.5 Å². The van der Waals surface area contributed by atoms with Crippen LogP contribution in [0.4, 0.5) is 11.4 Å². The largest absolute Gasteiger partial charge is 0.277 e. The van der Waals surface area contributed by atoms with Gasteiger partial charge in [-0.15, -0.1) is 0 Å². The van der Waals surface area contributed by atoms with Gasteiger partial charge in [-0.3, -0.25) is 9.69 Å². The first-order chi connectivity index (χ1) is 10.8. The van der Waals surface area contributed by atoms with Gasteiger partial charge in [0.15, 0.2) is 0 Å². The molecule has 0 aliphatic carbocycles. The molecule has 3 rings (SSSR count). The number of hydrogen-bond acceptors (Lipinski definition) is 1. The van der Waals surface area contributed by atoms with Crippen molar-refractivity contribution in [2.24, 2.45) is 0 Å². The van der Waals surface area contributed by atoms with Crippen molar-refractivity contribution in [1.82, 2.24) is 0 Å². The smallest absolute Gasteiger partial charge is 0.262 e. The molecule has 0 atom stereocenters. The maximum atomic E-state index is 12.9. The van der Waals surface area contributed by atoms with Crippen molar-refractivity contribution in [3.8, 4) is 0 Å². The summed E-state index contributed by atoms with van der Waals surface area (Å²) in [6, 6.07) is 26.1. The summed E-state index contributed by atoms with van der Waals surface area (Å²) in [6.07, 6.45) is 0. The fourth-order valence-electron chi connectivity index (χ4n) is 2.29. The van der Waals surface area contributed by atoms with Crippen molar-refractivity contribution in [1.29, 1.82) is 0 Å². The summed E-state index contributed by atoms with van der Waals surface area (Å²) in [4.78, 5) is 14.6. The number of amides is 1. The van der Waals surface area contributed by atoms with E-state index < -0.39 is 0 Å². The number of anilines is 2. The van der Waals surface area contributed by atoms with Crippen LogP contribution in [0.25, 0.3) is 0 Å². The van der Waals surface area contributed by atoms with Gasteiger partial charge in [-0.05, 0) is 42.5 Å². The van der Waals surface area contributed by atoms with E-state index in [0.29, 0.717) is 10.6 Å². The molecule has 0 radical (unpaired) electrons. The molecule has 0 saturated heterocycles. The maximum absolute atomic E-state index is 12.9. The molecule has 3 heteroatoms. The topological polar surface area (TPSA) is 20.3 Å². The number of nitrogens with zero attached hydrogens (tertiary/aromatic N) is 1. The summed E-state index contributed by atoms with van der Waals surface area (Å²) in [5, 5.41) is 0.597. The van der Waals surface area contributed by atoms with Crippen molar-refractivity contribution in [2.75, 3.05) is 4.90 Å².